The lowest BCUT2D eigenvalue weighted by molar-refractivity contribution is 0.0407. The van der Waals surface area contributed by atoms with E-state index in [-0.39, 0.29) is 17.6 Å². The van der Waals surface area contributed by atoms with Gasteiger partial charge in [-0.1, -0.05) is 51.1 Å². The highest BCUT2D eigenvalue weighted by atomic mass is 16.3. The van der Waals surface area contributed by atoms with Crippen LogP contribution < -0.4 is 0 Å². The zero-order chi connectivity index (χ0) is 13.9. The Kier molecular flexibility index (Phi) is 4.32. The molecule has 1 atom stereocenters. The third kappa shape index (κ3) is 3.58. The third-order valence-electron chi connectivity index (χ3n) is 4.08. The van der Waals surface area contributed by atoms with Gasteiger partial charge in [0.25, 0.3) is 0 Å². The predicted molar refractivity (Wildman–Crippen MR) is 80.2 cm³/mol. The van der Waals surface area contributed by atoms with Crippen molar-refractivity contribution >= 4 is 0 Å². The van der Waals surface area contributed by atoms with Crippen molar-refractivity contribution in [1.82, 2.24) is 4.90 Å². The summed E-state index contributed by atoms with van der Waals surface area (Å²) in [5.74, 6) is 0. The van der Waals surface area contributed by atoms with Gasteiger partial charge in [0.15, 0.2) is 0 Å². The largest absolute Gasteiger partial charge is 0.394 e. The van der Waals surface area contributed by atoms with Gasteiger partial charge in [-0.05, 0) is 36.8 Å². The molecule has 19 heavy (non-hydrogen) atoms. The minimum Gasteiger partial charge on any atom is -0.394 e. The van der Waals surface area contributed by atoms with Crippen molar-refractivity contribution < 1.29 is 5.11 Å². The van der Waals surface area contributed by atoms with E-state index in [4.69, 9.17) is 0 Å². The van der Waals surface area contributed by atoms with Crippen LogP contribution in [0.5, 0.6) is 0 Å². The molecule has 1 aliphatic rings. The van der Waals surface area contributed by atoms with Crippen LogP contribution in [0, 0.1) is 5.41 Å². The summed E-state index contributed by atoms with van der Waals surface area (Å²) in [6.07, 6.45) is 3.26. The van der Waals surface area contributed by atoms with Gasteiger partial charge in [-0.2, -0.15) is 0 Å². The summed E-state index contributed by atoms with van der Waals surface area (Å²) in [4.78, 5) is 2.51. The molecule has 1 aromatic carbocycles. The summed E-state index contributed by atoms with van der Waals surface area (Å²) < 4.78 is 0. The van der Waals surface area contributed by atoms with Crippen LogP contribution in [-0.4, -0.2) is 35.2 Å². The number of hydrogen-bond donors (Lipinski definition) is 1. The van der Waals surface area contributed by atoms with Gasteiger partial charge in [-0.25, -0.2) is 0 Å². The predicted octanol–water partition coefficient (Wildman–Crippen LogP) is 3.10. The molecule has 2 nitrogen and oxygen atoms in total. The van der Waals surface area contributed by atoms with E-state index < -0.39 is 0 Å². The summed E-state index contributed by atoms with van der Waals surface area (Å²) in [5.41, 5.74) is 1.56. The minimum atomic E-state index is -0.0470. The van der Waals surface area contributed by atoms with Gasteiger partial charge < -0.3 is 5.11 Å². The topological polar surface area (TPSA) is 23.5 Å². The van der Waals surface area contributed by atoms with E-state index in [0.717, 1.165) is 25.9 Å². The van der Waals surface area contributed by atoms with Crippen molar-refractivity contribution in [2.24, 2.45) is 5.41 Å². The van der Waals surface area contributed by atoms with E-state index in [1.54, 1.807) is 0 Å². The van der Waals surface area contributed by atoms with Crippen LogP contribution in [0.4, 0.5) is 0 Å². The standard InChI is InChI=1S/C17H27NO/c1-16(2,3)13-18-11-7-10-17(18,14-19)12-15-8-5-4-6-9-15/h4-6,8-9,19H,7,10-14H2,1-3H3. The third-order valence-corrected chi connectivity index (χ3v) is 4.08. The van der Waals surface area contributed by atoms with E-state index in [0.29, 0.717) is 0 Å². The van der Waals surface area contributed by atoms with Crippen LogP contribution in [-0.2, 0) is 6.42 Å². The Morgan fingerprint density at radius 1 is 1.21 bits per heavy atom. The van der Waals surface area contributed by atoms with E-state index in [2.05, 4.69) is 56.0 Å². The molecular weight excluding hydrogens is 234 g/mol. The molecule has 0 saturated carbocycles. The van der Waals surface area contributed by atoms with Crippen molar-refractivity contribution in [2.45, 2.75) is 45.6 Å². The summed E-state index contributed by atoms with van der Waals surface area (Å²) in [5, 5.41) is 10.0. The first kappa shape index (κ1) is 14.5. The number of rotatable bonds is 4. The Hall–Kier alpha value is -0.860. The molecule has 1 unspecified atom stereocenters. The average Bonchev–Trinajstić information content (AvgIpc) is 2.72. The first-order valence-corrected chi connectivity index (χ1v) is 7.35. The second-order valence-electron chi connectivity index (χ2n) is 7.13. The van der Waals surface area contributed by atoms with Crippen LogP contribution in [0.1, 0.15) is 39.2 Å². The Bertz CT molecular complexity index is 395. The summed E-state index contributed by atoms with van der Waals surface area (Å²) in [6.45, 7) is 9.25. The van der Waals surface area contributed by atoms with Crippen molar-refractivity contribution in [3.05, 3.63) is 35.9 Å². The zero-order valence-corrected chi connectivity index (χ0v) is 12.5. The Morgan fingerprint density at radius 3 is 2.47 bits per heavy atom. The molecule has 1 N–H and O–H groups in total. The quantitative estimate of drug-likeness (QED) is 0.900. The first-order valence-electron chi connectivity index (χ1n) is 7.35. The van der Waals surface area contributed by atoms with Gasteiger partial charge in [-0.3, -0.25) is 4.90 Å². The smallest absolute Gasteiger partial charge is 0.0618 e. The second kappa shape index (κ2) is 5.64. The van der Waals surface area contributed by atoms with E-state index >= 15 is 0 Å². The van der Waals surface area contributed by atoms with Crippen molar-refractivity contribution in [3.63, 3.8) is 0 Å². The second-order valence-corrected chi connectivity index (χ2v) is 7.13. The molecule has 1 fully saturated rings. The van der Waals surface area contributed by atoms with Crippen molar-refractivity contribution in [3.8, 4) is 0 Å². The fourth-order valence-corrected chi connectivity index (χ4v) is 3.22. The molecule has 2 heteroatoms. The SMILES string of the molecule is CC(C)(C)CN1CCCC1(CO)Cc1ccccc1. The molecule has 0 radical (unpaired) electrons. The maximum absolute atomic E-state index is 10.0. The molecule has 1 saturated heterocycles. The molecule has 0 bridgehead atoms. The molecule has 0 spiro atoms. The fourth-order valence-electron chi connectivity index (χ4n) is 3.22. The van der Waals surface area contributed by atoms with Crippen LogP contribution in [0.15, 0.2) is 30.3 Å². The van der Waals surface area contributed by atoms with Gasteiger partial charge >= 0.3 is 0 Å². The van der Waals surface area contributed by atoms with Crippen LogP contribution in [0.3, 0.4) is 0 Å². The van der Waals surface area contributed by atoms with E-state index in [1.807, 2.05) is 0 Å². The first-order chi connectivity index (χ1) is 8.95. The minimum absolute atomic E-state index is 0.0470. The lowest BCUT2D eigenvalue weighted by atomic mass is 9.86. The molecule has 0 amide bonds. The molecule has 2 rings (SSSR count). The van der Waals surface area contributed by atoms with Gasteiger partial charge in [0.05, 0.1) is 6.61 Å². The van der Waals surface area contributed by atoms with Crippen molar-refractivity contribution in [2.75, 3.05) is 19.7 Å². The molecular formula is C17H27NO. The van der Waals surface area contributed by atoms with Gasteiger partial charge in [0, 0.05) is 12.1 Å². The lowest BCUT2D eigenvalue weighted by Crippen LogP contribution is -2.51. The van der Waals surface area contributed by atoms with Gasteiger partial charge in [-0.15, -0.1) is 0 Å². The van der Waals surface area contributed by atoms with Crippen molar-refractivity contribution in [1.29, 1.82) is 0 Å². The number of likely N-dealkylation sites (tertiary alicyclic amines) is 1. The Labute approximate surface area is 117 Å². The molecule has 0 aliphatic carbocycles. The highest BCUT2D eigenvalue weighted by molar-refractivity contribution is 5.19. The maximum Gasteiger partial charge on any atom is 0.0618 e. The molecule has 106 valence electrons. The zero-order valence-electron chi connectivity index (χ0n) is 12.5. The van der Waals surface area contributed by atoms with Gasteiger partial charge in [0.2, 0.25) is 0 Å². The Morgan fingerprint density at radius 2 is 1.89 bits per heavy atom. The molecule has 1 aromatic rings. The van der Waals surface area contributed by atoms with E-state index in [1.165, 1.54) is 12.0 Å². The normalized spacial score (nSPS) is 24.8. The number of aliphatic hydroxyl groups is 1. The summed E-state index contributed by atoms with van der Waals surface area (Å²) in [6, 6.07) is 10.6. The summed E-state index contributed by atoms with van der Waals surface area (Å²) >= 11 is 0. The van der Waals surface area contributed by atoms with E-state index in [9.17, 15) is 5.11 Å². The Balaban J connectivity index is 2.16. The lowest BCUT2D eigenvalue weighted by Gasteiger charge is -2.40. The summed E-state index contributed by atoms with van der Waals surface area (Å²) in [7, 11) is 0. The number of benzene rings is 1. The number of hydrogen-bond acceptors (Lipinski definition) is 2. The van der Waals surface area contributed by atoms with Gasteiger partial charge in [0.1, 0.15) is 0 Å². The highest BCUT2D eigenvalue weighted by Crippen LogP contribution is 2.34. The van der Waals surface area contributed by atoms with Crippen LogP contribution in [0.2, 0.25) is 0 Å². The molecule has 0 aromatic heterocycles. The maximum atomic E-state index is 10.0. The van der Waals surface area contributed by atoms with Crippen LogP contribution in [0.25, 0.3) is 0 Å². The average molecular weight is 261 g/mol. The highest BCUT2D eigenvalue weighted by Gasteiger charge is 2.41. The fraction of sp³-hybridized carbons (Fsp3) is 0.647. The molecule has 1 heterocycles. The monoisotopic (exact) mass is 261 g/mol. The number of nitrogens with zero attached hydrogens (tertiary/aromatic N) is 1. The molecule has 1 aliphatic heterocycles. The van der Waals surface area contributed by atoms with Crippen LogP contribution >= 0.6 is 0 Å². The number of aliphatic hydroxyl groups excluding tert-OH is 1.